The molecule has 3 heteroatoms. The summed E-state index contributed by atoms with van der Waals surface area (Å²) in [6, 6.07) is 0. The first kappa shape index (κ1) is 9.45. The molecule has 52 valence electrons. The van der Waals surface area contributed by atoms with Gasteiger partial charge in [0, 0.05) is 0 Å². The monoisotopic (exact) mass is 144 g/mol. The van der Waals surface area contributed by atoms with Crippen molar-refractivity contribution in [3.05, 3.63) is 0 Å². The molecule has 0 aliphatic rings. The van der Waals surface area contributed by atoms with Crippen LogP contribution >= 0.6 is 8.46 Å². The number of aliphatic hydroxyl groups excluding tert-OH is 1. The van der Waals surface area contributed by atoms with Crippen LogP contribution in [0.2, 0.25) is 0 Å². The van der Waals surface area contributed by atoms with Crippen LogP contribution in [0.3, 0.4) is 0 Å². The van der Waals surface area contributed by atoms with E-state index in [-0.39, 0.29) is 11.5 Å². The lowest BCUT2D eigenvalue weighted by Gasteiger charge is -2.25. The van der Waals surface area contributed by atoms with Gasteiger partial charge in [-0.1, -0.05) is 20.8 Å². The van der Waals surface area contributed by atoms with Crippen molar-refractivity contribution in [2.24, 2.45) is 5.41 Å². The Balaban J connectivity index is 3.59. The van der Waals surface area contributed by atoms with Gasteiger partial charge in [-0.3, -0.25) is 0 Å². The summed E-state index contributed by atoms with van der Waals surface area (Å²) in [5, 5.41) is 9.31. The third-order valence-corrected chi connectivity index (χ3v) is 1.93. The van der Waals surface area contributed by atoms with E-state index >= 15 is 0 Å². The van der Waals surface area contributed by atoms with E-state index in [9.17, 15) is 5.11 Å². The summed E-state index contributed by atoms with van der Waals surface area (Å²) in [7, 11) is 5.66. The highest BCUT2D eigenvalue weighted by Gasteiger charge is 2.20. The van der Waals surface area contributed by atoms with Gasteiger partial charge in [-0.05, 0) is 11.6 Å². The molecule has 9 heavy (non-hydrogen) atoms. The summed E-state index contributed by atoms with van der Waals surface area (Å²) in [4.78, 5) is 0. The third kappa shape index (κ3) is 3.94. The van der Waals surface area contributed by atoms with Crippen molar-refractivity contribution in [3.63, 3.8) is 0 Å². The minimum atomic E-state index is -0.249. The Morgan fingerprint density at radius 3 is 2.11 bits per heavy atom. The molecule has 0 saturated carbocycles. The number of hydrogen-bond acceptors (Lipinski definition) is 1. The average molecular weight is 144 g/mol. The van der Waals surface area contributed by atoms with Gasteiger partial charge in [0.15, 0.2) is 0 Å². The maximum atomic E-state index is 9.31. The normalized spacial score (nSPS) is 16.9. The van der Waals surface area contributed by atoms with Crippen LogP contribution < -0.4 is 0 Å². The fourth-order valence-electron chi connectivity index (χ4n) is 0.418. The summed E-state index contributed by atoms with van der Waals surface area (Å²) in [6.07, 6.45) is 0.476. The zero-order chi connectivity index (χ0) is 7.49. The van der Waals surface area contributed by atoms with Crippen molar-refractivity contribution in [3.8, 4) is 0 Å². The molecule has 0 aliphatic carbocycles. The Bertz CT molecular complexity index is 79.6. The van der Waals surface area contributed by atoms with E-state index < -0.39 is 0 Å². The lowest BCUT2D eigenvalue weighted by molar-refractivity contribution is 0.0840. The van der Waals surface area contributed by atoms with E-state index in [4.69, 9.17) is 7.57 Å². The zero-order valence-corrected chi connectivity index (χ0v) is 7.31. The molecule has 0 aromatic carbocycles. The summed E-state index contributed by atoms with van der Waals surface area (Å²) >= 11 is 0. The molecule has 0 aromatic rings. The lowest BCUT2D eigenvalue weighted by Crippen LogP contribution is -2.27. The van der Waals surface area contributed by atoms with E-state index in [0.29, 0.717) is 8.46 Å². The van der Waals surface area contributed by atoms with Crippen LogP contribution in [0, 0.1) is 5.41 Å². The molecule has 0 aliphatic heterocycles. The summed E-state index contributed by atoms with van der Waals surface area (Å²) in [5.41, 5.74) is -0.00757. The van der Waals surface area contributed by atoms with Crippen LogP contribution in [0.15, 0.2) is 0 Å². The minimum Gasteiger partial charge on any atom is -0.392 e. The fourth-order valence-corrected chi connectivity index (χ4v) is 1.25. The molecular formula is C6H14BOP. The van der Waals surface area contributed by atoms with Gasteiger partial charge in [-0.2, -0.15) is 8.46 Å². The predicted octanol–water partition coefficient (Wildman–Crippen LogP) is 1.16. The van der Waals surface area contributed by atoms with Crippen molar-refractivity contribution < 1.29 is 5.11 Å². The Morgan fingerprint density at radius 1 is 1.56 bits per heavy atom. The van der Waals surface area contributed by atoms with E-state index in [1.54, 1.807) is 0 Å². The molecular weight excluding hydrogens is 130 g/mol. The van der Waals surface area contributed by atoms with Crippen LogP contribution in [0.1, 0.15) is 20.8 Å². The topological polar surface area (TPSA) is 20.2 Å². The third-order valence-electron chi connectivity index (χ3n) is 1.31. The Morgan fingerprint density at radius 2 is 2.00 bits per heavy atom. The van der Waals surface area contributed by atoms with E-state index in [2.05, 4.69) is 0 Å². The van der Waals surface area contributed by atoms with Crippen molar-refractivity contribution in [2.75, 3.05) is 6.16 Å². The van der Waals surface area contributed by atoms with E-state index in [0.717, 1.165) is 6.16 Å². The van der Waals surface area contributed by atoms with Crippen molar-refractivity contribution >= 4 is 16.0 Å². The van der Waals surface area contributed by atoms with Gasteiger partial charge in [0.25, 0.3) is 0 Å². The summed E-state index contributed by atoms with van der Waals surface area (Å²) < 4.78 is 0. The predicted molar refractivity (Wildman–Crippen MR) is 44.4 cm³/mol. The molecule has 0 fully saturated rings. The van der Waals surface area contributed by atoms with Gasteiger partial charge in [-0.15, -0.1) is 0 Å². The van der Waals surface area contributed by atoms with Crippen LogP contribution in [-0.2, 0) is 0 Å². The van der Waals surface area contributed by atoms with Gasteiger partial charge in [0.05, 0.1) is 6.10 Å². The zero-order valence-electron chi connectivity index (χ0n) is 6.31. The number of rotatable bonds is 2. The first-order valence-electron chi connectivity index (χ1n) is 3.10. The van der Waals surface area contributed by atoms with Gasteiger partial charge >= 0.3 is 0 Å². The van der Waals surface area contributed by atoms with Gasteiger partial charge in [0.2, 0.25) is 0 Å². The molecule has 1 unspecified atom stereocenters. The molecule has 0 rings (SSSR count). The van der Waals surface area contributed by atoms with Gasteiger partial charge < -0.3 is 5.11 Å². The molecule has 0 amide bonds. The highest BCUT2D eigenvalue weighted by molar-refractivity contribution is 7.66. The van der Waals surface area contributed by atoms with Gasteiger partial charge in [-0.25, -0.2) is 0 Å². The number of aliphatic hydroxyl groups is 1. The average Bonchev–Trinajstić information content (AvgIpc) is 1.64. The van der Waals surface area contributed by atoms with E-state index in [1.165, 1.54) is 0 Å². The van der Waals surface area contributed by atoms with Crippen LogP contribution in [0.5, 0.6) is 0 Å². The Labute approximate surface area is 60.4 Å². The van der Waals surface area contributed by atoms with E-state index in [1.807, 2.05) is 20.8 Å². The summed E-state index contributed by atoms with van der Waals surface area (Å²) in [5.74, 6) is 0. The molecule has 2 atom stereocenters. The lowest BCUT2D eigenvalue weighted by atomic mass is 9.90. The largest absolute Gasteiger partial charge is 0.392 e. The highest BCUT2D eigenvalue weighted by Crippen LogP contribution is 2.22. The minimum absolute atomic E-state index is 0.00757. The first-order valence-corrected chi connectivity index (χ1v) is 4.38. The SMILES string of the molecule is [B]PC[C@@H](O)C(C)(C)C. The second-order valence-corrected chi connectivity index (χ2v) is 4.11. The molecule has 0 aromatic heterocycles. The molecule has 0 bridgehead atoms. The van der Waals surface area contributed by atoms with Crippen LogP contribution in [0.4, 0.5) is 0 Å². The van der Waals surface area contributed by atoms with Crippen molar-refractivity contribution in [1.29, 1.82) is 0 Å². The molecule has 0 heterocycles. The molecule has 1 N–H and O–H groups in total. The molecule has 0 spiro atoms. The highest BCUT2D eigenvalue weighted by atomic mass is 31.1. The van der Waals surface area contributed by atoms with Crippen LogP contribution in [-0.4, -0.2) is 24.9 Å². The number of hydrogen-bond donors (Lipinski definition) is 1. The Kier molecular flexibility index (Phi) is 3.76. The maximum absolute atomic E-state index is 9.31. The second kappa shape index (κ2) is 3.58. The standard InChI is InChI=1S/C6H14BOP/c1-6(2,3)5(8)4-9-7/h5,8-9H,4H2,1-3H3/t5-/m1/s1. The van der Waals surface area contributed by atoms with Crippen molar-refractivity contribution in [1.82, 2.24) is 0 Å². The maximum Gasteiger partial charge on any atom is 0.104 e. The van der Waals surface area contributed by atoms with Crippen LogP contribution in [0.25, 0.3) is 0 Å². The quantitative estimate of drug-likeness (QED) is 0.455. The second-order valence-electron chi connectivity index (χ2n) is 3.29. The summed E-state index contributed by atoms with van der Waals surface area (Å²) in [6.45, 7) is 6.04. The van der Waals surface area contributed by atoms with Crippen molar-refractivity contribution in [2.45, 2.75) is 26.9 Å². The molecule has 1 nitrogen and oxygen atoms in total. The first-order chi connectivity index (χ1) is 3.98. The van der Waals surface area contributed by atoms with Gasteiger partial charge in [0.1, 0.15) is 7.57 Å². The smallest absolute Gasteiger partial charge is 0.104 e. The molecule has 2 radical (unpaired) electrons. The fraction of sp³-hybridized carbons (Fsp3) is 1.00. The molecule has 0 saturated heterocycles. The Hall–Kier alpha value is 0.455.